The molecule has 2 rings (SSSR count). The minimum Gasteiger partial charge on any atom is -0.340 e. The second-order valence-electron chi connectivity index (χ2n) is 4.79. The van der Waals surface area contributed by atoms with Gasteiger partial charge in [0.25, 0.3) is 0 Å². The van der Waals surface area contributed by atoms with Gasteiger partial charge in [-0.05, 0) is 31.0 Å². The maximum Gasteiger partial charge on any atom is 0.239 e. The lowest BCUT2D eigenvalue weighted by atomic mass is 10.0. The molecule has 1 amide bonds. The van der Waals surface area contributed by atoms with Crippen molar-refractivity contribution in [3.8, 4) is 0 Å². The Kier molecular flexibility index (Phi) is 6.63. The molecule has 106 valence electrons. The second-order valence-corrected chi connectivity index (χ2v) is 5.20. The third-order valence-corrected chi connectivity index (χ3v) is 3.72. The van der Waals surface area contributed by atoms with Crippen LogP contribution in [0.15, 0.2) is 24.3 Å². The summed E-state index contributed by atoms with van der Waals surface area (Å²) in [7, 11) is 1.84. The summed E-state index contributed by atoms with van der Waals surface area (Å²) in [5, 5.41) is 3.99. The van der Waals surface area contributed by atoms with Crippen molar-refractivity contribution in [3.63, 3.8) is 0 Å². The molecule has 0 saturated carbocycles. The summed E-state index contributed by atoms with van der Waals surface area (Å²) in [6.07, 6.45) is 3.23. The summed E-state index contributed by atoms with van der Waals surface area (Å²) in [4.78, 5) is 14.0. The van der Waals surface area contributed by atoms with Crippen LogP contribution in [0, 0.1) is 0 Å². The minimum absolute atomic E-state index is 0. The van der Waals surface area contributed by atoms with Crippen molar-refractivity contribution in [2.24, 2.45) is 0 Å². The molecule has 1 fully saturated rings. The Morgan fingerprint density at radius 1 is 1.42 bits per heavy atom. The van der Waals surface area contributed by atoms with Crippen LogP contribution in [0.1, 0.15) is 24.8 Å². The average molecular weight is 303 g/mol. The largest absolute Gasteiger partial charge is 0.340 e. The first-order chi connectivity index (χ1) is 8.68. The Bertz CT molecular complexity index is 420. The molecule has 1 heterocycles. The predicted octanol–water partition coefficient (Wildman–Crippen LogP) is 2.86. The van der Waals surface area contributed by atoms with E-state index in [4.69, 9.17) is 11.6 Å². The second kappa shape index (κ2) is 7.73. The molecule has 3 nitrogen and oxygen atoms in total. The highest BCUT2D eigenvalue weighted by Gasteiger charge is 2.23. The zero-order chi connectivity index (χ0) is 13.0. The lowest BCUT2D eigenvalue weighted by Gasteiger charge is -2.27. The molecule has 1 saturated heterocycles. The molecule has 1 aromatic carbocycles. The fourth-order valence-corrected chi connectivity index (χ4v) is 2.48. The lowest BCUT2D eigenvalue weighted by molar-refractivity contribution is -0.133. The number of halogens is 2. The number of hydrogen-bond acceptors (Lipinski definition) is 2. The van der Waals surface area contributed by atoms with E-state index in [0.29, 0.717) is 11.6 Å². The van der Waals surface area contributed by atoms with Crippen molar-refractivity contribution in [3.05, 3.63) is 34.9 Å². The normalized spacial score (nSPS) is 18.5. The lowest BCUT2D eigenvalue weighted by Crippen LogP contribution is -2.47. The number of hydrogen-bond donors (Lipinski definition) is 1. The van der Waals surface area contributed by atoms with Crippen LogP contribution in [-0.4, -0.2) is 30.4 Å². The van der Waals surface area contributed by atoms with Gasteiger partial charge in [-0.25, -0.2) is 0 Å². The number of carbonyl (C=O) groups is 1. The van der Waals surface area contributed by atoms with Gasteiger partial charge in [-0.2, -0.15) is 0 Å². The van der Waals surface area contributed by atoms with Gasteiger partial charge in [0.15, 0.2) is 0 Å². The molecule has 1 unspecified atom stereocenters. The van der Waals surface area contributed by atoms with Crippen LogP contribution in [0.4, 0.5) is 0 Å². The Balaban J connectivity index is 0.00000180. The highest BCUT2D eigenvalue weighted by molar-refractivity contribution is 6.31. The van der Waals surface area contributed by atoms with Crippen LogP contribution in [0.2, 0.25) is 5.02 Å². The van der Waals surface area contributed by atoms with E-state index in [2.05, 4.69) is 5.32 Å². The van der Waals surface area contributed by atoms with Crippen LogP contribution < -0.4 is 5.32 Å². The Labute approximate surface area is 125 Å². The van der Waals surface area contributed by atoms with Crippen molar-refractivity contribution < 1.29 is 4.79 Å². The molecule has 0 aromatic heterocycles. The first-order valence-corrected chi connectivity index (χ1v) is 6.78. The van der Waals surface area contributed by atoms with Gasteiger partial charge in [0.05, 0.1) is 6.04 Å². The van der Waals surface area contributed by atoms with Gasteiger partial charge in [0, 0.05) is 18.6 Å². The number of carbonyl (C=O) groups excluding carboxylic acids is 1. The van der Waals surface area contributed by atoms with Crippen LogP contribution >= 0.6 is 24.0 Å². The summed E-state index contributed by atoms with van der Waals surface area (Å²) in [6, 6.07) is 7.63. The quantitative estimate of drug-likeness (QED) is 0.931. The minimum atomic E-state index is -0.0220. The maximum absolute atomic E-state index is 12.2. The molecule has 19 heavy (non-hydrogen) atoms. The number of rotatable bonds is 3. The first-order valence-electron chi connectivity index (χ1n) is 6.40. The fraction of sp³-hybridized carbons (Fsp3) is 0.500. The number of nitrogens with zero attached hydrogens (tertiary/aromatic N) is 1. The fourth-order valence-electron chi connectivity index (χ4n) is 2.29. The van der Waals surface area contributed by atoms with Gasteiger partial charge in [-0.1, -0.05) is 36.2 Å². The van der Waals surface area contributed by atoms with E-state index >= 15 is 0 Å². The van der Waals surface area contributed by atoms with Crippen molar-refractivity contribution in [1.29, 1.82) is 0 Å². The zero-order valence-electron chi connectivity index (χ0n) is 11.1. The topological polar surface area (TPSA) is 32.3 Å². The van der Waals surface area contributed by atoms with Crippen LogP contribution in [0.3, 0.4) is 0 Å². The molecule has 1 aromatic rings. The van der Waals surface area contributed by atoms with Crippen molar-refractivity contribution in [1.82, 2.24) is 10.2 Å². The van der Waals surface area contributed by atoms with Crippen molar-refractivity contribution in [2.45, 2.75) is 31.8 Å². The van der Waals surface area contributed by atoms with Gasteiger partial charge in [0.1, 0.15) is 0 Å². The molecule has 0 spiro atoms. The third kappa shape index (κ3) is 4.37. The summed E-state index contributed by atoms with van der Waals surface area (Å²) < 4.78 is 0. The monoisotopic (exact) mass is 302 g/mol. The van der Waals surface area contributed by atoms with Crippen molar-refractivity contribution >= 4 is 29.9 Å². The number of benzene rings is 1. The zero-order valence-corrected chi connectivity index (χ0v) is 12.6. The maximum atomic E-state index is 12.2. The standard InChI is InChI=1S/C14H19ClN2O.ClH/c1-17(10-11-6-2-3-7-12(11)15)14(18)13-8-4-5-9-16-13;/h2-3,6-7,13,16H,4-5,8-10H2,1H3;1H. The van der Waals surface area contributed by atoms with E-state index in [1.807, 2.05) is 31.3 Å². The SMILES string of the molecule is CN(Cc1ccccc1Cl)C(=O)C1CCCCN1.Cl. The predicted molar refractivity (Wildman–Crippen MR) is 80.8 cm³/mol. The molecule has 1 N–H and O–H groups in total. The molecule has 1 atom stereocenters. The summed E-state index contributed by atoms with van der Waals surface area (Å²) in [5.41, 5.74) is 0.992. The van der Waals surface area contributed by atoms with E-state index in [-0.39, 0.29) is 24.4 Å². The van der Waals surface area contributed by atoms with Gasteiger partial charge < -0.3 is 10.2 Å². The number of piperidine rings is 1. The smallest absolute Gasteiger partial charge is 0.239 e. The van der Waals surface area contributed by atoms with Crippen molar-refractivity contribution in [2.75, 3.05) is 13.6 Å². The van der Waals surface area contributed by atoms with Crippen LogP contribution in [0.5, 0.6) is 0 Å². The molecule has 5 heteroatoms. The molecule has 1 aliphatic heterocycles. The summed E-state index contributed by atoms with van der Waals surface area (Å²) >= 11 is 6.11. The molecule has 0 bridgehead atoms. The Hall–Kier alpha value is -0.770. The van der Waals surface area contributed by atoms with Crippen LogP contribution in [0.25, 0.3) is 0 Å². The van der Waals surface area contributed by atoms with E-state index in [1.165, 1.54) is 0 Å². The number of likely N-dealkylation sites (N-methyl/N-ethyl adjacent to an activating group) is 1. The number of amides is 1. The number of nitrogens with one attached hydrogen (secondary N) is 1. The van der Waals surface area contributed by atoms with Gasteiger partial charge >= 0.3 is 0 Å². The molecule has 1 aliphatic rings. The molecular formula is C14H20Cl2N2O. The Morgan fingerprint density at radius 3 is 2.79 bits per heavy atom. The summed E-state index contributed by atoms with van der Waals surface area (Å²) in [6.45, 7) is 1.51. The molecule has 0 radical (unpaired) electrons. The molecular weight excluding hydrogens is 283 g/mol. The van der Waals surface area contributed by atoms with Gasteiger partial charge in [0.2, 0.25) is 5.91 Å². The molecule has 0 aliphatic carbocycles. The van der Waals surface area contributed by atoms with Gasteiger partial charge in [-0.15, -0.1) is 12.4 Å². The van der Waals surface area contributed by atoms with E-state index in [9.17, 15) is 4.79 Å². The van der Waals surface area contributed by atoms with Gasteiger partial charge in [-0.3, -0.25) is 4.79 Å². The highest BCUT2D eigenvalue weighted by Crippen LogP contribution is 2.17. The van der Waals surface area contributed by atoms with E-state index < -0.39 is 0 Å². The van der Waals surface area contributed by atoms with E-state index in [0.717, 1.165) is 31.4 Å². The highest BCUT2D eigenvalue weighted by atomic mass is 35.5. The van der Waals surface area contributed by atoms with E-state index in [1.54, 1.807) is 4.90 Å². The van der Waals surface area contributed by atoms with Crippen LogP contribution in [-0.2, 0) is 11.3 Å². The third-order valence-electron chi connectivity index (χ3n) is 3.35. The Morgan fingerprint density at radius 2 is 2.16 bits per heavy atom. The average Bonchev–Trinajstić information content (AvgIpc) is 2.41. The summed E-state index contributed by atoms with van der Waals surface area (Å²) in [5.74, 6) is 0.162. The first kappa shape index (κ1) is 16.3.